The highest BCUT2D eigenvalue weighted by atomic mass is 32.1. The number of aryl methyl sites for hydroxylation is 1. The van der Waals surface area contributed by atoms with Crippen LogP contribution >= 0.6 is 22.7 Å². The molecule has 0 unspecified atom stereocenters. The van der Waals surface area contributed by atoms with Gasteiger partial charge < -0.3 is 19.9 Å². The fourth-order valence-corrected chi connectivity index (χ4v) is 6.63. The van der Waals surface area contributed by atoms with Gasteiger partial charge in [-0.2, -0.15) is 0 Å². The second-order valence-electron chi connectivity index (χ2n) is 8.65. The summed E-state index contributed by atoms with van der Waals surface area (Å²) in [6, 6.07) is 3.73. The number of nitrogens with zero attached hydrogens (tertiary/aromatic N) is 3. The van der Waals surface area contributed by atoms with Gasteiger partial charge in [-0.25, -0.2) is 9.97 Å². The number of ether oxygens (including phenoxy) is 1. The average Bonchev–Trinajstić information content (AvgIpc) is 3.40. The number of fused-ring (bicyclic) bond motifs is 4. The zero-order valence-electron chi connectivity index (χ0n) is 19.4. The zero-order chi connectivity index (χ0) is 23.8. The molecule has 0 bridgehead atoms. The van der Waals surface area contributed by atoms with Crippen LogP contribution in [0.5, 0.6) is 5.75 Å². The Morgan fingerprint density at radius 2 is 2.18 bits per heavy atom. The van der Waals surface area contributed by atoms with Gasteiger partial charge in [0.25, 0.3) is 0 Å². The molecule has 1 aromatic carbocycles. The Labute approximate surface area is 205 Å². The Morgan fingerprint density at radius 3 is 2.97 bits per heavy atom. The molecule has 4 aromatic rings. The molecule has 3 aromatic heterocycles. The van der Waals surface area contributed by atoms with Crippen LogP contribution in [0.2, 0.25) is 0 Å². The fourth-order valence-electron chi connectivity index (χ4n) is 4.60. The number of amides is 1. The summed E-state index contributed by atoms with van der Waals surface area (Å²) >= 11 is 2.81. The summed E-state index contributed by atoms with van der Waals surface area (Å²) in [6.45, 7) is 2.95. The highest BCUT2D eigenvalue weighted by molar-refractivity contribution is 7.19. The minimum Gasteiger partial charge on any atom is -0.494 e. The van der Waals surface area contributed by atoms with Crippen molar-refractivity contribution in [1.82, 2.24) is 19.9 Å². The van der Waals surface area contributed by atoms with Crippen molar-refractivity contribution in [1.29, 1.82) is 0 Å². The summed E-state index contributed by atoms with van der Waals surface area (Å²) in [4.78, 5) is 40.6. The molecular formula is C24H27N5O3S2. The number of unbranched alkanes of at least 4 members (excludes halogenated alkanes) is 1. The van der Waals surface area contributed by atoms with E-state index in [9.17, 15) is 9.59 Å². The third-order valence-electron chi connectivity index (χ3n) is 6.41. The van der Waals surface area contributed by atoms with Gasteiger partial charge in [0, 0.05) is 30.5 Å². The summed E-state index contributed by atoms with van der Waals surface area (Å²) < 4.78 is 6.42. The number of methoxy groups -OCH3 is 1. The van der Waals surface area contributed by atoms with E-state index in [4.69, 9.17) is 4.74 Å². The molecule has 0 saturated carbocycles. The van der Waals surface area contributed by atoms with Crippen molar-refractivity contribution in [2.45, 2.75) is 39.0 Å². The van der Waals surface area contributed by atoms with Gasteiger partial charge in [0.05, 0.1) is 28.4 Å². The topological polar surface area (TPSA) is 100 Å². The van der Waals surface area contributed by atoms with Crippen molar-refractivity contribution in [2.75, 3.05) is 26.0 Å². The van der Waals surface area contributed by atoms with E-state index in [0.717, 1.165) is 76.1 Å². The molecular weight excluding hydrogens is 470 g/mol. The number of thiazole rings is 1. The van der Waals surface area contributed by atoms with Gasteiger partial charge in [0.2, 0.25) is 5.91 Å². The normalized spacial score (nSPS) is 15.4. The first-order valence-corrected chi connectivity index (χ1v) is 13.1. The molecule has 0 saturated heterocycles. The number of thiophene rings is 1. The van der Waals surface area contributed by atoms with Crippen molar-refractivity contribution in [2.24, 2.45) is 5.92 Å². The number of H-pyrrole nitrogens is 1. The minimum absolute atomic E-state index is 0.0191. The predicted octanol–water partition coefficient (Wildman–Crippen LogP) is 4.71. The molecule has 8 nitrogen and oxygen atoms in total. The lowest BCUT2D eigenvalue weighted by atomic mass is 9.87. The SMILES string of the molecule is CCCCN(C)C(=O)[C@@H]1CCc2c(sc3ncnc(Nc4cc5sc(=O)[nH]c5cc4OC)c23)C1. The predicted molar refractivity (Wildman–Crippen MR) is 138 cm³/mol. The Hall–Kier alpha value is -2.98. The molecule has 5 rings (SSSR count). The van der Waals surface area contributed by atoms with Gasteiger partial charge in [0.1, 0.15) is 22.7 Å². The lowest BCUT2D eigenvalue weighted by Crippen LogP contribution is -2.36. The summed E-state index contributed by atoms with van der Waals surface area (Å²) in [6.07, 6.45) is 6.07. The van der Waals surface area contributed by atoms with E-state index in [1.807, 2.05) is 24.1 Å². The van der Waals surface area contributed by atoms with Gasteiger partial charge in [-0.15, -0.1) is 11.3 Å². The maximum absolute atomic E-state index is 13.0. The van der Waals surface area contributed by atoms with Crippen LogP contribution in [0.25, 0.3) is 20.4 Å². The third-order valence-corrected chi connectivity index (χ3v) is 8.42. The number of rotatable bonds is 7. The van der Waals surface area contributed by atoms with Crippen LogP contribution in [-0.4, -0.2) is 46.5 Å². The summed E-state index contributed by atoms with van der Waals surface area (Å²) in [5, 5.41) is 4.44. The van der Waals surface area contributed by atoms with E-state index >= 15 is 0 Å². The van der Waals surface area contributed by atoms with Crippen LogP contribution in [0.15, 0.2) is 23.3 Å². The number of carbonyl (C=O) groups is 1. The number of carbonyl (C=O) groups excluding carboxylic acids is 1. The van der Waals surface area contributed by atoms with Crippen molar-refractivity contribution in [3.8, 4) is 5.75 Å². The molecule has 0 fully saturated rings. The van der Waals surface area contributed by atoms with Crippen LogP contribution in [0, 0.1) is 5.92 Å². The van der Waals surface area contributed by atoms with Gasteiger partial charge in [-0.05, 0) is 37.3 Å². The van der Waals surface area contributed by atoms with E-state index < -0.39 is 0 Å². The maximum atomic E-state index is 13.0. The molecule has 1 aliphatic rings. The minimum atomic E-state index is -0.102. The molecule has 1 amide bonds. The molecule has 0 aliphatic heterocycles. The maximum Gasteiger partial charge on any atom is 0.305 e. The highest BCUT2D eigenvalue weighted by Crippen LogP contribution is 2.42. The number of nitrogens with one attached hydrogen (secondary N) is 2. The molecule has 3 heterocycles. The first kappa shape index (κ1) is 22.8. The van der Waals surface area contributed by atoms with Gasteiger partial charge in [0.15, 0.2) is 0 Å². The van der Waals surface area contributed by atoms with Crippen molar-refractivity contribution < 1.29 is 9.53 Å². The van der Waals surface area contributed by atoms with Crippen molar-refractivity contribution in [3.63, 3.8) is 0 Å². The summed E-state index contributed by atoms with van der Waals surface area (Å²) in [7, 11) is 3.52. The number of anilines is 2. The average molecular weight is 498 g/mol. The lowest BCUT2D eigenvalue weighted by Gasteiger charge is -2.26. The molecule has 178 valence electrons. The fraction of sp³-hybridized carbons (Fsp3) is 0.417. The Bertz CT molecular complexity index is 1420. The second-order valence-corrected chi connectivity index (χ2v) is 10.7. The van der Waals surface area contributed by atoms with E-state index in [1.165, 1.54) is 10.4 Å². The van der Waals surface area contributed by atoms with Gasteiger partial charge in [-0.3, -0.25) is 9.59 Å². The zero-order valence-corrected chi connectivity index (χ0v) is 21.1. The van der Waals surface area contributed by atoms with E-state index in [0.29, 0.717) is 11.6 Å². The quantitative estimate of drug-likeness (QED) is 0.384. The van der Waals surface area contributed by atoms with Crippen LogP contribution in [-0.2, 0) is 17.6 Å². The van der Waals surface area contributed by atoms with Crippen molar-refractivity contribution >= 4 is 60.5 Å². The van der Waals surface area contributed by atoms with Crippen LogP contribution < -0.4 is 14.9 Å². The number of hydrogen-bond donors (Lipinski definition) is 2. The standard InChI is InChI=1S/C24H27N5O3S2/c1-4-5-8-29(2)23(30)13-6-7-14-18(9-13)33-22-20(14)21(25-12-26-22)27-15-11-19-16(10-17(15)32-3)28-24(31)34-19/h10-13H,4-9H2,1-3H3,(H,28,31)(H,25,26,27)/t13-/m1/s1. The second kappa shape index (κ2) is 9.34. The molecule has 2 N–H and O–H groups in total. The first-order valence-electron chi connectivity index (χ1n) is 11.5. The van der Waals surface area contributed by atoms with E-state index in [1.54, 1.807) is 24.8 Å². The Kier molecular flexibility index (Phi) is 6.26. The van der Waals surface area contributed by atoms with Crippen LogP contribution in [0.3, 0.4) is 0 Å². The Balaban J connectivity index is 1.47. The highest BCUT2D eigenvalue weighted by Gasteiger charge is 2.30. The largest absolute Gasteiger partial charge is 0.494 e. The summed E-state index contributed by atoms with van der Waals surface area (Å²) in [5.74, 6) is 1.60. The smallest absolute Gasteiger partial charge is 0.305 e. The lowest BCUT2D eigenvalue weighted by molar-refractivity contribution is -0.134. The molecule has 0 radical (unpaired) electrons. The van der Waals surface area contributed by atoms with Crippen LogP contribution in [0.4, 0.5) is 11.5 Å². The number of hydrogen-bond acceptors (Lipinski definition) is 8. The van der Waals surface area contributed by atoms with Crippen molar-refractivity contribution in [3.05, 3.63) is 38.6 Å². The first-order chi connectivity index (χ1) is 16.5. The van der Waals surface area contributed by atoms with Gasteiger partial charge in [-0.1, -0.05) is 24.7 Å². The molecule has 1 atom stereocenters. The van der Waals surface area contributed by atoms with E-state index in [-0.39, 0.29) is 16.7 Å². The molecule has 10 heteroatoms. The molecule has 0 spiro atoms. The Morgan fingerprint density at radius 1 is 1.32 bits per heavy atom. The number of benzene rings is 1. The monoisotopic (exact) mass is 497 g/mol. The van der Waals surface area contributed by atoms with Crippen LogP contribution in [0.1, 0.15) is 36.6 Å². The third kappa shape index (κ3) is 4.16. The number of aromatic nitrogens is 3. The molecule has 34 heavy (non-hydrogen) atoms. The molecule has 1 aliphatic carbocycles. The van der Waals surface area contributed by atoms with E-state index in [2.05, 4.69) is 27.2 Å². The van der Waals surface area contributed by atoms with Gasteiger partial charge >= 0.3 is 4.87 Å². The summed E-state index contributed by atoms with van der Waals surface area (Å²) in [5.41, 5.74) is 2.72. The number of aromatic amines is 1.